The van der Waals surface area contributed by atoms with Crippen molar-refractivity contribution in [1.82, 2.24) is 15.1 Å². The van der Waals surface area contributed by atoms with E-state index in [9.17, 15) is 4.79 Å². The van der Waals surface area contributed by atoms with E-state index in [1.165, 1.54) is 0 Å². The molecular formula is C14H29N3O2. The molecule has 0 unspecified atom stereocenters. The highest BCUT2D eigenvalue weighted by atomic mass is 16.6. The summed E-state index contributed by atoms with van der Waals surface area (Å²) in [4.78, 5) is 16.3. The molecule has 0 aliphatic carbocycles. The smallest absolute Gasteiger partial charge is 0.410 e. The normalized spacial score (nSPS) is 21.5. The van der Waals surface area contributed by atoms with E-state index in [0.29, 0.717) is 0 Å². The van der Waals surface area contributed by atoms with Crippen LogP contribution in [0.1, 0.15) is 34.1 Å². The van der Waals surface area contributed by atoms with Gasteiger partial charge in [0.1, 0.15) is 5.60 Å². The molecule has 0 aromatic carbocycles. The summed E-state index contributed by atoms with van der Waals surface area (Å²) in [5, 5.41) is 3.16. The van der Waals surface area contributed by atoms with Crippen molar-refractivity contribution >= 4 is 6.09 Å². The molecule has 1 N–H and O–H groups in total. The van der Waals surface area contributed by atoms with Crippen molar-refractivity contribution in [1.29, 1.82) is 0 Å². The van der Waals surface area contributed by atoms with Gasteiger partial charge in [0.2, 0.25) is 0 Å². The number of hydrogen-bond donors (Lipinski definition) is 1. The molecule has 0 radical (unpaired) electrons. The molecule has 5 nitrogen and oxygen atoms in total. The van der Waals surface area contributed by atoms with Crippen LogP contribution in [-0.4, -0.2) is 67.3 Å². The molecule has 112 valence electrons. The zero-order valence-electron chi connectivity index (χ0n) is 13.0. The summed E-state index contributed by atoms with van der Waals surface area (Å²) in [7, 11) is 1.98. The summed E-state index contributed by atoms with van der Waals surface area (Å²) in [6.45, 7) is 12.6. The largest absolute Gasteiger partial charge is 0.444 e. The number of nitrogens with zero attached hydrogens (tertiary/aromatic N) is 2. The molecule has 0 saturated carbocycles. The molecule has 19 heavy (non-hydrogen) atoms. The molecule has 1 saturated heterocycles. The lowest BCUT2D eigenvalue weighted by Crippen LogP contribution is -2.55. The fourth-order valence-corrected chi connectivity index (χ4v) is 2.31. The Morgan fingerprint density at radius 3 is 2.58 bits per heavy atom. The molecule has 0 aromatic rings. The topological polar surface area (TPSA) is 44.8 Å². The third-order valence-electron chi connectivity index (χ3n) is 3.24. The summed E-state index contributed by atoms with van der Waals surface area (Å²) in [6.07, 6.45) is 0.963. The van der Waals surface area contributed by atoms with Crippen LogP contribution in [-0.2, 0) is 4.74 Å². The van der Waals surface area contributed by atoms with Gasteiger partial charge in [-0.1, -0.05) is 0 Å². The number of carbonyl (C=O) groups is 1. The highest BCUT2D eigenvalue weighted by Crippen LogP contribution is 2.15. The van der Waals surface area contributed by atoms with Crippen LogP contribution >= 0.6 is 0 Å². The minimum absolute atomic E-state index is 0.185. The third kappa shape index (κ3) is 5.78. The van der Waals surface area contributed by atoms with Crippen LogP contribution < -0.4 is 5.32 Å². The van der Waals surface area contributed by atoms with Crippen LogP contribution in [0, 0.1) is 0 Å². The van der Waals surface area contributed by atoms with Crippen molar-refractivity contribution in [3.63, 3.8) is 0 Å². The Hall–Kier alpha value is -0.810. The first-order chi connectivity index (χ1) is 8.83. The first-order valence-electron chi connectivity index (χ1n) is 7.20. The van der Waals surface area contributed by atoms with E-state index >= 15 is 0 Å². The summed E-state index contributed by atoms with van der Waals surface area (Å²) in [6, 6.07) is 0.221. The lowest BCUT2D eigenvalue weighted by atomic mass is 10.2. The monoisotopic (exact) mass is 271 g/mol. The van der Waals surface area contributed by atoms with Crippen molar-refractivity contribution in [2.75, 3.05) is 39.8 Å². The van der Waals surface area contributed by atoms with Crippen LogP contribution in [0.15, 0.2) is 0 Å². The average molecular weight is 271 g/mol. The van der Waals surface area contributed by atoms with Crippen LogP contribution in [0.2, 0.25) is 0 Å². The highest BCUT2D eigenvalue weighted by molar-refractivity contribution is 5.68. The quantitative estimate of drug-likeness (QED) is 0.788. The van der Waals surface area contributed by atoms with Crippen LogP contribution in [0.25, 0.3) is 0 Å². The van der Waals surface area contributed by atoms with Gasteiger partial charge in [0, 0.05) is 25.7 Å². The minimum Gasteiger partial charge on any atom is -0.444 e. The number of piperazine rings is 1. The van der Waals surface area contributed by atoms with Gasteiger partial charge >= 0.3 is 6.09 Å². The second kappa shape index (κ2) is 7.10. The zero-order valence-corrected chi connectivity index (χ0v) is 13.0. The van der Waals surface area contributed by atoms with E-state index in [4.69, 9.17) is 4.74 Å². The lowest BCUT2D eigenvalue weighted by Gasteiger charge is -2.40. The predicted molar refractivity (Wildman–Crippen MR) is 77.4 cm³/mol. The Bertz CT molecular complexity index is 289. The van der Waals surface area contributed by atoms with Gasteiger partial charge < -0.3 is 15.0 Å². The van der Waals surface area contributed by atoms with E-state index in [1.807, 2.05) is 32.7 Å². The number of hydrogen-bond acceptors (Lipinski definition) is 4. The van der Waals surface area contributed by atoms with Crippen molar-refractivity contribution in [2.45, 2.75) is 45.8 Å². The Kier molecular flexibility index (Phi) is 6.07. The van der Waals surface area contributed by atoms with Gasteiger partial charge in [-0.3, -0.25) is 4.90 Å². The van der Waals surface area contributed by atoms with E-state index in [2.05, 4.69) is 17.1 Å². The van der Waals surface area contributed by atoms with Crippen molar-refractivity contribution in [3.05, 3.63) is 0 Å². The maximum absolute atomic E-state index is 12.1. The number of nitrogens with one attached hydrogen (secondary N) is 1. The van der Waals surface area contributed by atoms with Gasteiger partial charge in [-0.2, -0.15) is 0 Å². The van der Waals surface area contributed by atoms with E-state index in [0.717, 1.165) is 39.1 Å². The fraction of sp³-hybridized carbons (Fsp3) is 0.929. The molecule has 1 amide bonds. The number of rotatable bonds is 4. The van der Waals surface area contributed by atoms with Crippen LogP contribution in [0.3, 0.4) is 0 Å². The predicted octanol–water partition coefficient (Wildman–Crippen LogP) is 1.54. The summed E-state index contributed by atoms with van der Waals surface area (Å²) in [5.41, 5.74) is -0.416. The molecular weight excluding hydrogens is 242 g/mol. The molecule has 0 bridgehead atoms. The molecule has 0 spiro atoms. The maximum Gasteiger partial charge on any atom is 0.410 e. The molecule has 1 aliphatic heterocycles. The Balaban J connectivity index is 2.39. The zero-order chi connectivity index (χ0) is 14.5. The molecule has 1 atom stereocenters. The standard InChI is InChI=1S/C14H29N3O2/c1-12-11-16(8-6-7-15-5)9-10-17(12)13(18)19-14(2,3)4/h12,15H,6-11H2,1-5H3/t12-/m0/s1. The van der Waals surface area contributed by atoms with E-state index < -0.39 is 5.60 Å². The Labute approximate surface area is 117 Å². The summed E-state index contributed by atoms with van der Waals surface area (Å²) >= 11 is 0. The minimum atomic E-state index is -0.416. The van der Waals surface area contributed by atoms with Crippen molar-refractivity contribution in [2.24, 2.45) is 0 Å². The van der Waals surface area contributed by atoms with Gasteiger partial charge in [0.15, 0.2) is 0 Å². The maximum atomic E-state index is 12.1. The Morgan fingerprint density at radius 2 is 2.05 bits per heavy atom. The van der Waals surface area contributed by atoms with Crippen LogP contribution in [0.4, 0.5) is 4.79 Å². The van der Waals surface area contributed by atoms with E-state index in [-0.39, 0.29) is 12.1 Å². The van der Waals surface area contributed by atoms with Gasteiger partial charge in [-0.25, -0.2) is 4.79 Å². The Morgan fingerprint density at radius 1 is 1.37 bits per heavy atom. The second-order valence-corrected chi connectivity index (χ2v) is 6.28. The first-order valence-corrected chi connectivity index (χ1v) is 7.20. The summed E-state index contributed by atoms with van der Waals surface area (Å²) < 4.78 is 5.44. The molecule has 0 aromatic heterocycles. The summed E-state index contributed by atoms with van der Waals surface area (Å²) in [5.74, 6) is 0. The first kappa shape index (κ1) is 16.2. The average Bonchev–Trinajstić information content (AvgIpc) is 2.27. The number of carbonyl (C=O) groups excluding carboxylic acids is 1. The molecule has 1 fully saturated rings. The van der Waals surface area contributed by atoms with Gasteiger partial charge in [-0.05, 0) is 54.3 Å². The van der Waals surface area contributed by atoms with Crippen molar-refractivity contribution in [3.8, 4) is 0 Å². The SMILES string of the molecule is CNCCCN1CCN(C(=O)OC(C)(C)C)[C@@H](C)C1. The fourth-order valence-electron chi connectivity index (χ4n) is 2.31. The van der Waals surface area contributed by atoms with Gasteiger partial charge in [0.25, 0.3) is 0 Å². The molecule has 5 heteroatoms. The van der Waals surface area contributed by atoms with E-state index in [1.54, 1.807) is 0 Å². The highest BCUT2D eigenvalue weighted by Gasteiger charge is 2.30. The van der Waals surface area contributed by atoms with Crippen LogP contribution in [0.5, 0.6) is 0 Å². The molecule has 1 aliphatic rings. The van der Waals surface area contributed by atoms with Crippen molar-refractivity contribution < 1.29 is 9.53 Å². The van der Waals surface area contributed by atoms with Gasteiger partial charge in [0.05, 0.1) is 0 Å². The second-order valence-electron chi connectivity index (χ2n) is 6.28. The third-order valence-corrected chi connectivity index (χ3v) is 3.24. The molecule has 1 heterocycles. The number of amides is 1. The molecule has 1 rings (SSSR count). The number of ether oxygens (including phenoxy) is 1. The van der Waals surface area contributed by atoms with Gasteiger partial charge in [-0.15, -0.1) is 0 Å². The lowest BCUT2D eigenvalue weighted by molar-refractivity contribution is 0.00143.